The summed E-state index contributed by atoms with van der Waals surface area (Å²) in [4.78, 5) is 28.0. The van der Waals surface area contributed by atoms with Gasteiger partial charge in [0.05, 0.1) is 24.6 Å². The third-order valence-electron chi connectivity index (χ3n) is 7.71. The number of para-hydroxylation sites is 1. The average Bonchev–Trinajstić information content (AvgIpc) is 3.35. The number of nitrogens with zero attached hydrogens (tertiary/aromatic N) is 4. The number of aliphatic imine (C=N–C) groups is 2. The summed E-state index contributed by atoms with van der Waals surface area (Å²) in [5, 5.41) is 11.7. The predicted octanol–water partition coefficient (Wildman–Crippen LogP) is 4.44. The number of hydrogen-bond donors (Lipinski definition) is 3. The van der Waals surface area contributed by atoms with Crippen molar-refractivity contribution in [2.45, 2.75) is 37.0 Å². The Morgan fingerprint density at radius 2 is 1.84 bits per heavy atom. The smallest absolute Gasteiger partial charge is 0.400 e. The summed E-state index contributed by atoms with van der Waals surface area (Å²) in [5.74, 6) is -1.15. The van der Waals surface area contributed by atoms with Gasteiger partial charge in [0.15, 0.2) is 5.69 Å². The number of alkyl halides is 3. The van der Waals surface area contributed by atoms with Gasteiger partial charge in [-0.05, 0) is 18.9 Å². The monoisotopic (exact) mass is 611 g/mol. The number of morpholine rings is 1. The number of fused-ring (bicyclic) bond motifs is 1. The molecule has 0 radical (unpaired) electrons. The first-order valence-electron chi connectivity index (χ1n) is 13.7. The Labute approximate surface area is 249 Å². The number of nitrogens with two attached hydrogens (primary N) is 1. The molecule has 224 valence electrons. The Bertz CT molecular complexity index is 1600. The molecule has 0 spiro atoms. The molecule has 4 N–H and O–H groups in total. The van der Waals surface area contributed by atoms with Crippen LogP contribution in [0.4, 0.5) is 23.9 Å². The van der Waals surface area contributed by atoms with Gasteiger partial charge in [0.1, 0.15) is 15.4 Å². The standard InChI is InChI=1S/C29H28F3N7O3S/c30-29(31,32)28(11-6-12-28)26-37-21(25(43-26)39-13-15-41-16-14-39)22(33)42-27(34)38-23-24(40)35-19-10-5-4-9-18(19)20(36-23)17-7-2-1-3-8-17/h1-5,7-10,23,33H,6,11-16H2,(H2,34,38)(H,35,40). The molecule has 1 saturated heterocycles. The third-order valence-corrected chi connectivity index (χ3v) is 9.03. The molecule has 43 heavy (non-hydrogen) atoms. The van der Waals surface area contributed by atoms with Gasteiger partial charge in [-0.25, -0.2) is 9.98 Å². The lowest BCUT2D eigenvalue weighted by molar-refractivity contribution is -0.212. The lowest BCUT2D eigenvalue weighted by Crippen LogP contribution is -2.48. The molecule has 1 amide bonds. The molecule has 0 bridgehead atoms. The summed E-state index contributed by atoms with van der Waals surface area (Å²) in [6, 6.07) is 15.9. The van der Waals surface area contributed by atoms with Crippen LogP contribution in [0, 0.1) is 5.41 Å². The van der Waals surface area contributed by atoms with E-state index in [1.165, 1.54) is 0 Å². The molecule has 3 heterocycles. The molecule has 1 unspecified atom stereocenters. The summed E-state index contributed by atoms with van der Waals surface area (Å²) in [7, 11) is 0. The normalized spacial score (nSPS) is 20.3. The van der Waals surface area contributed by atoms with Crippen molar-refractivity contribution in [3.63, 3.8) is 0 Å². The number of anilines is 2. The molecule has 2 aromatic carbocycles. The molecule has 1 aromatic heterocycles. The summed E-state index contributed by atoms with van der Waals surface area (Å²) in [6.45, 7) is 1.61. The highest BCUT2D eigenvalue weighted by Gasteiger charge is 2.61. The maximum atomic E-state index is 14.2. The van der Waals surface area contributed by atoms with Gasteiger partial charge in [-0.1, -0.05) is 66.3 Å². The maximum absolute atomic E-state index is 14.2. The number of aromatic nitrogens is 1. The maximum Gasteiger partial charge on any atom is 0.400 e. The van der Waals surface area contributed by atoms with Crippen molar-refractivity contribution in [2.75, 3.05) is 36.5 Å². The highest BCUT2D eigenvalue weighted by atomic mass is 32.1. The van der Waals surface area contributed by atoms with Crippen LogP contribution in [0.15, 0.2) is 64.6 Å². The SMILES string of the molecule is N=C(OC(N)=NC1N=C(c2ccccc2)c2ccccc2NC1=O)c1nc(C2(C(F)(F)F)CCC2)sc1N1CCOCC1. The highest BCUT2D eigenvalue weighted by Crippen LogP contribution is 2.56. The number of carbonyl (C=O) groups is 1. The van der Waals surface area contributed by atoms with Crippen LogP contribution < -0.4 is 16.0 Å². The lowest BCUT2D eigenvalue weighted by atomic mass is 9.68. The molecule has 1 aliphatic carbocycles. The van der Waals surface area contributed by atoms with E-state index in [9.17, 15) is 18.0 Å². The fourth-order valence-corrected chi connectivity index (χ4v) is 6.64. The molecule has 3 aromatic rings. The largest absolute Gasteiger partial charge is 0.405 e. The molecule has 10 nitrogen and oxygen atoms in total. The van der Waals surface area contributed by atoms with E-state index in [0.717, 1.165) is 16.9 Å². The number of carbonyl (C=O) groups excluding carboxylic acids is 1. The molecule has 1 atom stereocenters. The Morgan fingerprint density at radius 1 is 1.14 bits per heavy atom. The summed E-state index contributed by atoms with van der Waals surface area (Å²) >= 11 is 0.913. The average molecular weight is 612 g/mol. The van der Waals surface area contributed by atoms with Gasteiger partial charge in [-0.2, -0.15) is 18.2 Å². The van der Waals surface area contributed by atoms with Crippen molar-refractivity contribution in [3.05, 3.63) is 76.4 Å². The zero-order valence-electron chi connectivity index (χ0n) is 22.9. The van der Waals surface area contributed by atoms with E-state index in [1.54, 1.807) is 12.1 Å². The summed E-state index contributed by atoms with van der Waals surface area (Å²) in [6.07, 6.45) is -5.53. The molecular weight excluding hydrogens is 583 g/mol. The van der Waals surface area contributed by atoms with E-state index in [2.05, 4.69) is 20.3 Å². The second-order valence-corrected chi connectivity index (χ2v) is 11.3. The number of hydrogen-bond acceptors (Lipinski definition) is 9. The van der Waals surface area contributed by atoms with Gasteiger partial charge in [0.2, 0.25) is 12.1 Å². The van der Waals surface area contributed by atoms with Crippen LogP contribution in [0.1, 0.15) is 41.1 Å². The van der Waals surface area contributed by atoms with E-state index in [-0.39, 0.29) is 23.5 Å². The minimum atomic E-state index is -4.48. The molecule has 2 fully saturated rings. The second-order valence-electron chi connectivity index (χ2n) is 10.4. The van der Waals surface area contributed by atoms with Crippen LogP contribution in [0.25, 0.3) is 0 Å². The number of halogens is 3. The van der Waals surface area contributed by atoms with E-state index >= 15 is 0 Å². The predicted molar refractivity (Wildman–Crippen MR) is 157 cm³/mol. The van der Waals surface area contributed by atoms with Crippen molar-refractivity contribution in [1.29, 1.82) is 5.41 Å². The Hall–Kier alpha value is -4.30. The zero-order valence-corrected chi connectivity index (χ0v) is 23.7. The van der Waals surface area contributed by atoms with E-state index < -0.39 is 35.6 Å². The first-order valence-corrected chi connectivity index (χ1v) is 14.5. The van der Waals surface area contributed by atoms with Crippen LogP contribution in [0.2, 0.25) is 0 Å². The number of ether oxygens (including phenoxy) is 2. The topological polar surface area (TPSA) is 138 Å². The molecule has 1 saturated carbocycles. The first-order chi connectivity index (χ1) is 20.7. The zero-order chi connectivity index (χ0) is 30.2. The van der Waals surface area contributed by atoms with Crippen molar-refractivity contribution in [3.8, 4) is 0 Å². The number of amides is 1. The van der Waals surface area contributed by atoms with Gasteiger partial charge in [0, 0.05) is 24.2 Å². The highest BCUT2D eigenvalue weighted by molar-refractivity contribution is 7.16. The Balaban J connectivity index is 1.32. The summed E-state index contributed by atoms with van der Waals surface area (Å²) < 4.78 is 53.4. The number of amidine groups is 1. The number of benzene rings is 2. The third kappa shape index (κ3) is 5.47. The van der Waals surface area contributed by atoms with Crippen LogP contribution in [0.5, 0.6) is 0 Å². The number of benzodiazepines with no additional fused rings is 1. The van der Waals surface area contributed by atoms with Crippen molar-refractivity contribution in [2.24, 2.45) is 15.7 Å². The molecular formula is C29H28F3N7O3S. The van der Waals surface area contributed by atoms with Crippen LogP contribution in [0.3, 0.4) is 0 Å². The van der Waals surface area contributed by atoms with Crippen molar-refractivity contribution < 1.29 is 27.4 Å². The van der Waals surface area contributed by atoms with E-state index in [1.807, 2.05) is 47.4 Å². The van der Waals surface area contributed by atoms with Crippen molar-refractivity contribution in [1.82, 2.24) is 4.98 Å². The fourth-order valence-electron chi connectivity index (χ4n) is 5.25. The number of nitrogens with one attached hydrogen (secondary N) is 2. The number of rotatable bonds is 5. The van der Waals surface area contributed by atoms with Gasteiger partial charge < -0.3 is 25.4 Å². The van der Waals surface area contributed by atoms with E-state index in [4.69, 9.17) is 20.6 Å². The Morgan fingerprint density at radius 3 is 2.51 bits per heavy atom. The van der Waals surface area contributed by atoms with Gasteiger partial charge >= 0.3 is 6.18 Å². The van der Waals surface area contributed by atoms with Gasteiger partial charge in [0.25, 0.3) is 11.9 Å². The Kier molecular flexibility index (Phi) is 7.65. The minimum Gasteiger partial charge on any atom is -0.405 e. The molecule has 6 rings (SSSR count). The van der Waals surface area contributed by atoms with Crippen LogP contribution >= 0.6 is 11.3 Å². The van der Waals surface area contributed by atoms with Crippen LogP contribution in [-0.2, 0) is 19.7 Å². The quantitative estimate of drug-likeness (QED) is 0.288. The summed E-state index contributed by atoms with van der Waals surface area (Å²) in [5.41, 5.74) is 6.44. The van der Waals surface area contributed by atoms with Crippen molar-refractivity contribution >= 4 is 45.6 Å². The first kappa shape index (κ1) is 28.8. The molecule has 14 heteroatoms. The number of thiazole rings is 1. The van der Waals surface area contributed by atoms with Gasteiger partial charge in [-0.3, -0.25) is 10.2 Å². The second kappa shape index (κ2) is 11.4. The minimum absolute atomic E-state index is 0.0648. The van der Waals surface area contributed by atoms with Crippen LogP contribution in [-0.4, -0.2) is 67.2 Å². The molecule has 3 aliphatic rings. The lowest BCUT2D eigenvalue weighted by Gasteiger charge is -2.41. The van der Waals surface area contributed by atoms with E-state index in [0.29, 0.717) is 54.7 Å². The van der Waals surface area contributed by atoms with Gasteiger partial charge in [-0.15, -0.1) is 0 Å². The molecule has 2 aliphatic heterocycles. The fraction of sp³-hybridized carbons (Fsp3) is 0.345.